The summed E-state index contributed by atoms with van der Waals surface area (Å²) in [5.74, 6) is 1.06. The van der Waals surface area contributed by atoms with E-state index < -0.39 is 0 Å². The lowest BCUT2D eigenvalue weighted by Gasteiger charge is -2.26. The van der Waals surface area contributed by atoms with Gasteiger partial charge in [-0.1, -0.05) is 6.07 Å². The summed E-state index contributed by atoms with van der Waals surface area (Å²) in [6, 6.07) is 4.67. The van der Waals surface area contributed by atoms with Gasteiger partial charge in [0, 0.05) is 36.5 Å². The zero-order chi connectivity index (χ0) is 17.0. The van der Waals surface area contributed by atoms with Crippen LogP contribution >= 0.6 is 35.3 Å². The number of guanidine groups is 1. The number of rotatable bonds is 5. The van der Waals surface area contributed by atoms with Crippen LogP contribution in [0.25, 0.3) is 0 Å². The van der Waals surface area contributed by atoms with Crippen LogP contribution in [0.1, 0.15) is 30.7 Å². The zero-order valence-corrected chi connectivity index (χ0v) is 18.7. The highest BCUT2D eigenvalue weighted by Gasteiger charge is 2.42. The second kappa shape index (κ2) is 9.53. The van der Waals surface area contributed by atoms with Crippen molar-refractivity contribution in [1.29, 1.82) is 0 Å². The number of halogens is 1. The molecule has 2 atom stereocenters. The molecule has 25 heavy (non-hydrogen) atoms. The van der Waals surface area contributed by atoms with E-state index in [1.54, 1.807) is 0 Å². The Morgan fingerprint density at radius 2 is 2.32 bits per heavy atom. The van der Waals surface area contributed by atoms with Gasteiger partial charge in [-0.3, -0.25) is 4.99 Å². The molecular formula is C18H31IN4OS. The van der Waals surface area contributed by atoms with Crippen LogP contribution in [0.15, 0.2) is 22.5 Å². The van der Waals surface area contributed by atoms with Crippen LogP contribution in [-0.4, -0.2) is 69.2 Å². The lowest BCUT2D eigenvalue weighted by molar-refractivity contribution is 0.156. The lowest BCUT2D eigenvalue weighted by atomic mass is 9.87. The smallest absolute Gasteiger partial charge is 0.194 e. The van der Waals surface area contributed by atoms with E-state index in [0.29, 0.717) is 11.5 Å². The molecule has 0 radical (unpaired) electrons. The number of nitrogens with one attached hydrogen (secondary N) is 1. The fourth-order valence-corrected chi connectivity index (χ4v) is 4.59. The van der Waals surface area contributed by atoms with Gasteiger partial charge >= 0.3 is 0 Å². The molecular weight excluding hydrogens is 447 g/mol. The van der Waals surface area contributed by atoms with Crippen LogP contribution < -0.4 is 5.32 Å². The Morgan fingerprint density at radius 1 is 1.48 bits per heavy atom. The predicted molar refractivity (Wildman–Crippen MR) is 116 cm³/mol. The van der Waals surface area contributed by atoms with Gasteiger partial charge in [-0.05, 0) is 45.3 Å². The van der Waals surface area contributed by atoms with Crippen molar-refractivity contribution in [3.05, 3.63) is 22.4 Å². The van der Waals surface area contributed by atoms with Gasteiger partial charge in [0.2, 0.25) is 0 Å². The Bertz CT molecular complexity index is 543. The second-order valence-electron chi connectivity index (χ2n) is 7.16. The van der Waals surface area contributed by atoms with E-state index in [4.69, 9.17) is 9.73 Å². The minimum absolute atomic E-state index is 0. The number of likely N-dealkylation sites (N-methyl/N-ethyl adjacent to an activating group) is 1. The van der Waals surface area contributed by atoms with Crippen molar-refractivity contribution in [2.75, 3.05) is 53.5 Å². The van der Waals surface area contributed by atoms with Crippen molar-refractivity contribution in [2.45, 2.75) is 25.8 Å². The van der Waals surface area contributed by atoms with E-state index in [0.717, 1.165) is 45.4 Å². The van der Waals surface area contributed by atoms with E-state index in [1.807, 2.05) is 11.3 Å². The summed E-state index contributed by atoms with van der Waals surface area (Å²) in [5, 5.41) is 5.63. The van der Waals surface area contributed by atoms with Crippen molar-refractivity contribution in [2.24, 2.45) is 10.4 Å². The number of aliphatic imine (C=N–C) groups is 1. The monoisotopic (exact) mass is 478 g/mol. The standard InChI is InChI=1S/C18H30N4OS.HI/c1-4-19-17(22-9-7-18(13-22)8-10-23-14-18)20-12-15(21(2)3)16-6-5-11-24-16;/h5-6,11,15H,4,7-10,12-14H2,1-3H3,(H,19,20);1H. The maximum Gasteiger partial charge on any atom is 0.194 e. The summed E-state index contributed by atoms with van der Waals surface area (Å²) in [6.45, 7) is 7.83. The number of thiophene rings is 1. The molecule has 0 amide bonds. The predicted octanol–water partition coefficient (Wildman–Crippen LogP) is 3.05. The minimum Gasteiger partial charge on any atom is -0.381 e. The number of ether oxygens (including phenoxy) is 1. The summed E-state index contributed by atoms with van der Waals surface area (Å²) >= 11 is 1.81. The first-order chi connectivity index (χ1) is 11.6. The van der Waals surface area contributed by atoms with Crippen LogP contribution in [0.3, 0.4) is 0 Å². The molecule has 3 heterocycles. The van der Waals surface area contributed by atoms with E-state index in [1.165, 1.54) is 17.7 Å². The lowest BCUT2D eigenvalue weighted by Crippen LogP contribution is -2.42. The highest BCUT2D eigenvalue weighted by molar-refractivity contribution is 14.0. The van der Waals surface area contributed by atoms with Crippen LogP contribution in [0.2, 0.25) is 0 Å². The third-order valence-electron chi connectivity index (χ3n) is 5.17. The van der Waals surface area contributed by atoms with Crippen molar-refractivity contribution < 1.29 is 4.74 Å². The molecule has 2 fully saturated rings. The Balaban J connectivity index is 0.00000225. The molecule has 1 N–H and O–H groups in total. The normalized spacial score (nSPS) is 24.8. The first-order valence-electron chi connectivity index (χ1n) is 8.94. The minimum atomic E-state index is 0. The molecule has 0 saturated carbocycles. The van der Waals surface area contributed by atoms with Crippen LogP contribution in [0, 0.1) is 5.41 Å². The van der Waals surface area contributed by atoms with Gasteiger partial charge < -0.3 is 19.9 Å². The van der Waals surface area contributed by atoms with Gasteiger partial charge in [0.05, 0.1) is 19.2 Å². The topological polar surface area (TPSA) is 40.1 Å². The van der Waals surface area contributed by atoms with Gasteiger partial charge in [0.15, 0.2) is 5.96 Å². The molecule has 0 bridgehead atoms. The Morgan fingerprint density at radius 3 is 2.92 bits per heavy atom. The molecule has 0 aromatic carbocycles. The van der Waals surface area contributed by atoms with E-state index in [-0.39, 0.29) is 24.0 Å². The van der Waals surface area contributed by atoms with Crippen LogP contribution in [-0.2, 0) is 4.74 Å². The maximum absolute atomic E-state index is 5.66. The summed E-state index contributed by atoms with van der Waals surface area (Å²) in [7, 11) is 4.26. The molecule has 1 aromatic heterocycles. The molecule has 3 rings (SSSR count). The molecule has 5 nitrogen and oxygen atoms in total. The molecule has 0 aliphatic carbocycles. The molecule has 7 heteroatoms. The quantitative estimate of drug-likeness (QED) is 0.401. The number of hydrogen-bond acceptors (Lipinski definition) is 4. The average molecular weight is 478 g/mol. The summed E-state index contributed by atoms with van der Waals surface area (Å²) in [4.78, 5) is 11.0. The van der Waals surface area contributed by atoms with E-state index in [9.17, 15) is 0 Å². The first-order valence-corrected chi connectivity index (χ1v) is 9.82. The molecule has 2 saturated heterocycles. The highest BCUT2D eigenvalue weighted by Crippen LogP contribution is 2.38. The van der Waals surface area contributed by atoms with Gasteiger partial charge in [-0.25, -0.2) is 0 Å². The van der Waals surface area contributed by atoms with Crippen molar-refractivity contribution in [3.8, 4) is 0 Å². The van der Waals surface area contributed by atoms with Gasteiger partial charge in [0.1, 0.15) is 0 Å². The van der Waals surface area contributed by atoms with Gasteiger partial charge in [-0.2, -0.15) is 0 Å². The van der Waals surface area contributed by atoms with Crippen LogP contribution in [0.5, 0.6) is 0 Å². The molecule has 142 valence electrons. The molecule has 1 spiro atoms. The highest BCUT2D eigenvalue weighted by atomic mass is 127. The summed E-state index contributed by atoms with van der Waals surface area (Å²) in [5.41, 5.74) is 0.366. The third-order valence-corrected chi connectivity index (χ3v) is 6.14. The number of hydrogen-bond donors (Lipinski definition) is 1. The molecule has 2 unspecified atom stereocenters. The Hall–Kier alpha value is -0.380. The zero-order valence-electron chi connectivity index (χ0n) is 15.5. The average Bonchev–Trinajstić information content (AvgIpc) is 3.30. The summed E-state index contributed by atoms with van der Waals surface area (Å²) in [6.07, 6.45) is 2.41. The van der Waals surface area contributed by atoms with Crippen molar-refractivity contribution in [1.82, 2.24) is 15.1 Å². The SMILES string of the molecule is CCNC(=NCC(c1cccs1)N(C)C)N1CCC2(CCOC2)C1.I. The Labute approximate surface area is 172 Å². The van der Waals surface area contributed by atoms with Gasteiger partial charge in [-0.15, -0.1) is 35.3 Å². The summed E-state index contributed by atoms with van der Waals surface area (Å²) < 4.78 is 5.66. The molecule has 2 aliphatic heterocycles. The maximum atomic E-state index is 5.66. The van der Waals surface area contributed by atoms with Crippen molar-refractivity contribution >= 4 is 41.3 Å². The van der Waals surface area contributed by atoms with Gasteiger partial charge in [0.25, 0.3) is 0 Å². The van der Waals surface area contributed by atoms with Crippen molar-refractivity contribution in [3.63, 3.8) is 0 Å². The second-order valence-corrected chi connectivity index (χ2v) is 8.14. The van der Waals surface area contributed by atoms with E-state index in [2.05, 4.69) is 53.6 Å². The molecule has 2 aliphatic rings. The Kier molecular flexibility index (Phi) is 7.97. The first kappa shape index (κ1) is 20.9. The third kappa shape index (κ3) is 5.08. The number of nitrogens with zero attached hydrogens (tertiary/aromatic N) is 3. The van der Waals surface area contributed by atoms with Crippen LogP contribution in [0.4, 0.5) is 0 Å². The van der Waals surface area contributed by atoms with E-state index >= 15 is 0 Å². The fourth-order valence-electron chi connectivity index (χ4n) is 3.67. The largest absolute Gasteiger partial charge is 0.381 e. The number of likely N-dealkylation sites (tertiary alicyclic amines) is 1. The fraction of sp³-hybridized carbons (Fsp3) is 0.722. The molecule has 1 aromatic rings.